The first-order chi connectivity index (χ1) is 24.4. The number of oxazole rings is 1. The molecule has 2 amide bonds. The topological polar surface area (TPSA) is 144 Å². The van der Waals surface area contributed by atoms with Crippen molar-refractivity contribution in [1.82, 2.24) is 40.0 Å². The monoisotopic (exact) mass is 687 g/mol. The van der Waals surface area contributed by atoms with E-state index in [1.165, 1.54) is 12.8 Å². The fraction of sp³-hybridized carbons (Fsp3) is 0.400. The van der Waals surface area contributed by atoms with Gasteiger partial charge in [-0.3, -0.25) is 19.5 Å². The number of aromatic nitrogens is 6. The molecule has 0 bridgehead atoms. The fourth-order valence-corrected chi connectivity index (χ4v) is 5.77. The van der Waals surface area contributed by atoms with Gasteiger partial charge >= 0.3 is 6.55 Å². The number of anilines is 1. The number of piperazine rings is 1. The zero-order chi connectivity index (χ0) is 34.9. The molecule has 0 radical (unpaired) electrons. The van der Waals surface area contributed by atoms with Crippen molar-refractivity contribution >= 4 is 28.6 Å². The standard InChI is InChI=1S/C19H19F2N7O.C16H20N2O3/c20-19(21)28-24-17(23-25-28)16(14-6-2-1-3-7-14)26-10-12-27(13-11-26)18(29)15-8-4-5-9-22-15;1-2-3-4-5-15-18-12-10-11(6-7-13(12)21-15)17-16(19)14-8-9-20-14/h1-9,16,19H,10-13H2;6-7,10,14H,2-5,8-9H2,1H3,(H,17,19)/t16-;/m0./s1. The van der Waals surface area contributed by atoms with Crippen LogP contribution < -0.4 is 5.32 Å². The highest BCUT2D eigenvalue weighted by molar-refractivity contribution is 5.96. The molecule has 3 aromatic heterocycles. The number of tetrazole rings is 1. The molecule has 262 valence electrons. The third-order valence-corrected chi connectivity index (χ3v) is 8.51. The number of nitrogens with zero attached hydrogens (tertiary/aromatic N) is 8. The van der Waals surface area contributed by atoms with Crippen LogP contribution in [0.3, 0.4) is 0 Å². The fourth-order valence-electron chi connectivity index (χ4n) is 5.77. The van der Waals surface area contributed by atoms with E-state index in [-0.39, 0.29) is 23.7 Å². The van der Waals surface area contributed by atoms with Gasteiger partial charge in [-0.2, -0.15) is 8.78 Å². The van der Waals surface area contributed by atoms with E-state index in [0.29, 0.717) is 43.3 Å². The predicted molar refractivity (Wildman–Crippen MR) is 179 cm³/mol. The predicted octanol–water partition coefficient (Wildman–Crippen LogP) is 5.30. The van der Waals surface area contributed by atoms with Gasteiger partial charge in [0.25, 0.3) is 11.8 Å². The minimum absolute atomic E-state index is 0.0905. The summed E-state index contributed by atoms with van der Waals surface area (Å²) in [6.07, 6.45) is 6.39. The van der Waals surface area contributed by atoms with Gasteiger partial charge in [0.1, 0.15) is 17.3 Å². The van der Waals surface area contributed by atoms with Gasteiger partial charge in [-0.15, -0.1) is 10.2 Å². The summed E-state index contributed by atoms with van der Waals surface area (Å²) in [4.78, 5) is 37.2. The van der Waals surface area contributed by atoms with E-state index in [9.17, 15) is 18.4 Å². The zero-order valence-corrected chi connectivity index (χ0v) is 27.7. The normalized spacial score (nSPS) is 16.8. The number of amides is 2. The van der Waals surface area contributed by atoms with Crippen LogP contribution in [0.25, 0.3) is 11.1 Å². The Kier molecular flexibility index (Phi) is 11.5. The summed E-state index contributed by atoms with van der Waals surface area (Å²) >= 11 is 0. The van der Waals surface area contributed by atoms with Gasteiger partial charge in [0.15, 0.2) is 17.3 Å². The van der Waals surface area contributed by atoms with Crippen LogP contribution in [0.1, 0.15) is 73.0 Å². The molecular formula is C35H39F2N9O4. The first kappa shape index (κ1) is 34.7. The number of nitrogens with one attached hydrogen (secondary N) is 1. The number of benzene rings is 2. The molecule has 0 aliphatic carbocycles. The number of carbonyl (C=O) groups excluding carboxylic acids is 2. The Bertz CT molecular complexity index is 1840. The molecule has 5 aromatic rings. The minimum Gasteiger partial charge on any atom is -0.441 e. The van der Waals surface area contributed by atoms with Gasteiger partial charge in [0.2, 0.25) is 0 Å². The average Bonchev–Trinajstić information content (AvgIpc) is 3.76. The van der Waals surface area contributed by atoms with E-state index in [4.69, 9.17) is 9.15 Å². The van der Waals surface area contributed by atoms with Crippen LogP contribution in [0.15, 0.2) is 77.3 Å². The molecule has 1 unspecified atom stereocenters. The van der Waals surface area contributed by atoms with Crippen molar-refractivity contribution < 1.29 is 27.5 Å². The average molecular weight is 688 g/mol. The van der Waals surface area contributed by atoms with Gasteiger partial charge in [0.05, 0.1) is 12.6 Å². The second-order valence-electron chi connectivity index (χ2n) is 12.0. The van der Waals surface area contributed by atoms with Crippen molar-refractivity contribution in [2.45, 2.75) is 57.7 Å². The number of unbranched alkanes of at least 4 members (excludes halogenated alkanes) is 2. The summed E-state index contributed by atoms with van der Waals surface area (Å²) in [6.45, 7) is 2.06. The third-order valence-electron chi connectivity index (χ3n) is 8.51. The van der Waals surface area contributed by atoms with Crippen molar-refractivity contribution in [3.8, 4) is 0 Å². The molecule has 13 nitrogen and oxygen atoms in total. The number of hydrogen-bond acceptors (Lipinski definition) is 10. The Morgan fingerprint density at radius 1 is 1.00 bits per heavy atom. The maximum atomic E-state index is 12.9. The number of aryl methyl sites for hydroxylation is 1. The van der Waals surface area contributed by atoms with Crippen LogP contribution in [0, 0.1) is 0 Å². The summed E-state index contributed by atoms with van der Waals surface area (Å²) in [7, 11) is 0. The Balaban J connectivity index is 0.000000182. The number of rotatable bonds is 11. The first-order valence-electron chi connectivity index (χ1n) is 16.8. The van der Waals surface area contributed by atoms with Gasteiger partial charge in [-0.25, -0.2) is 4.98 Å². The van der Waals surface area contributed by atoms with E-state index in [2.05, 4.69) is 42.5 Å². The molecule has 5 heterocycles. The molecule has 1 N–H and O–H groups in total. The highest BCUT2D eigenvalue weighted by atomic mass is 19.3. The molecule has 2 aromatic carbocycles. The second-order valence-corrected chi connectivity index (χ2v) is 12.0. The molecule has 7 rings (SSSR count). The number of fused-ring (bicyclic) bond motifs is 1. The second kappa shape index (κ2) is 16.5. The first-order valence-corrected chi connectivity index (χ1v) is 16.8. The maximum absolute atomic E-state index is 12.9. The van der Waals surface area contributed by atoms with Crippen molar-refractivity contribution in [2.24, 2.45) is 0 Å². The summed E-state index contributed by atoms with van der Waals surface area (Å²) in [5.41, 5.74) is 3.57. The molecule has 2 aliphatic rings. The Labute approximate surface area is 287 Å². The van der Waals surface area contributed by atoms with Gasteiger partial charge < -0.3 is 19.4 Å². The van der Waals surface area contributed by atoms with Crippen LogP contribution in [0.2, 0.25) is 0 Å². The smallest absolute Gasteiger partial charge is 0.350 e. The Morgan fingerprint density at radius 2 is 1.78 bits per heavy atom. The molecule has 15 heteroatoms. The van der Waals surface area contributed by atoms with Crippen molar-refractivity contribution in [1.29, 1.82) is 0 Å². The summed E-state index contributed by atoms with van der Waals surface area (Å²) < 4.78 is 36.7. The lowest BCUT2D eigenvalue weighted by Crippen LogP contribution is -2.50. The molecule has 0 saturated carbocycles. The lowest BCUT2D eigenvalue weighted by molar-refractivity contribution is -0.139. The lowest BCUT2D eigenvalue weighted by atomic mass is 10.0. The maximum Gasteiger partial charge on any atom is 0.350 e. The van der Waals surface area contributed by atoms with Crippen molar-refractivity contribution in [3.05, 3.63) is 95.9 Å². The molecule has 2 saturated heterocycles. The molecule has 2 aliphatic heterocycles. The summed E-state index contributed by atoms with van der Waals surface area (Å²) in [5, 5.41) is 14.1. The summed E-state index contributed by atoms with van der Waals surface area (Å²) in [6, 6.07) is 19.8. The van der Waals surface area contributed by atoms with Crippen molar-refractivity contribution in [2.75, 3.05) is 38.1 Å². The van der Waals surface area contributed by atoms with Gasteiger partial charge in [-0.05, 0) is 47.5 Å². The number of halogens is 2. The van der Waals surface area contributed by atoms with Crippen molar-refractivity contribution in [3.63, 3.8) is 0 Å². The number of ether oxygens (including phenoxy) is 1. The van der Waals surface area contributed by atoms with Crippen LogP contribution >= 0.6 is 0 Å². The molecule has 2 fully saturated rings. The largest absolute Gasteiger partial charge is 0.441 e. The van der Waals surface area contributed by atoms with E-state index < -0.39 is 12.6 Å². The molecule has 0 spiro atoms. The Hall–Kier alpha value is -5.15. The molecule has 2 atom stereocenters. The molecule has 50 heavy (non-hydrogen) atoms. The van der Waals surface area contributed by atoms with E-state index in [1.807, 2.05) is 48.5 Å². The zero-order valence-electron chi connectivity index (χ0n) is 27.7. The van der Waals surface area contributed by atoms with E-state index in [0.717, 1.165) is 47.5 Å². The van der Waals surface area contributed by atoms with E-state index >= 15 is 0 Å². The van der Waals surface area contributed by atoms with Crippen LogP contribution in [0.4, 0.5) is 14.5 Å². The van der Waals surface area contributed by atoms with Crippen LogP contribution in [-0.4, -0.2) is 90.7 Å². The third kappa shape index (κ3) is 8.52. The highest BCUT2D eigenvalue weighted by Gasteiger charge is 2.32. The Morgan fingerprint density at radius 3 is 2.44 bits per heavy atom. The minimum atomic E-state index is -2.85. The number of alkyl halides is 2. The van der Waals surface area contributed by atoms with Gasteiger partial charge in [0, 0.05) is 50.9 Å². The quantitative estimate of drug-likeness (QED) is 0.182. The van der Waals surface area contributed by atoms with Crippen LogP contribution in [-0.2, 0) is 16.0 Å². The highest BCUT2D eigenvalue weighted by Crippen LogP contribution is 2.28. The molecular weight excluding hydrogens is 648 g/mol. The number of hydrogen-bond donors (Lipinski definition) is 1. The van der Waals surface area contributed by atoms with Gasteiger partial charge in [-0.1, -0.05) is 61.0 Å². The lowest BCUT2D eigenvalue weighted by Gasteiger charge is -2.38. The van der Waals surface area contributed by atoms with Crippen LogP contribution in [0.5, 0.6) is 0 Å². The summed E-state index contributed by atoms with van der Waals surface area (Å²) in [5.74, 6) is 0.765. The van der Waals surface area contributed by atoms with E-state index in [1.54, 1.807) is 29.3 Å². The number of pyridine rings is 1. The number of carbonyl (C=O) groups is 2. The SMILES string of the molecule is CCCCCc1nc2cc(NC(=O)C3CCO3)ccc2o1.O=C(c1ccccn1)N1CCN([C@@H](c2ccccc2)c2nnn(C(F)F)n2)CC1.